The second-order valence-corrected chi connectivity index (χ2v) is 2.77. The predicted molar refractivity (Wildman–Crippen MR) is 63.7 cm³/mol. The van der Waals surface area contributed by atoms with Crippen LogP contribution in [0.15, 0.2) is 30.3 Å². The minimum Gasteiger partial charge on any atom is -0.481 e. The van der Waals surface area contributed by atoms with Crippen molar-refractivity contribution in [1.82, 2.24) is 0 Å². The predicted octanol–water partition coefficient (Wildman–Crippen LogP) is 1.47. The van der Waals surface area contributed by atoms with E-state index < -0.39 is 17.0 Å². The van der Waals surface area contributed by atoms with Crippen molar-refractivity contribution in [2.45, 2.75) is 13.8 Å². The lowest BCUT2D eigenvalue weighted by atomic mass is 10.3. The number of hydrazine groups is 1. The number of rotatable bonds is 2. The van der Waals surface area contributed by atoms with Crippen molar-refractivity contribution in [2.75, 3.05) is 5.43 Å². The quantitative estimate of drug-likeness (QED) is 0.540. The normalized spacial score (nSPS) is 7.67. The van der Waals surface area contributed by atoms with Crippen molar-refractivity contribution >= 4 is 17.6 Å². The summed E-state index contributed by atoms with van der Waals surface area (Å²) in [7, 11) is 0. The van der Waals surface area contributed by atoms with Gasteiger partial charge in [-0.3, -0.25) is 9.59 Å². The van der Waals surface area contributed by atoms with Crippen LogP contribution in [0.5, 0.6) is 0 Å². The van der Waals surface area contributed by atoms with Crippen molar-refractivity contribution in [1.29, 1.82) is 0 Å². The van der Waals surface area contributed by atoms with E-state index in [9.17, 15) is 10.1 Å². The average Bonchev–Trinajstić information content (AvgIpc) is 2.16. The molecule has 0 saturated heterocycles. The van der Waals surface area contributed by atoms with Gasteiger partial charge in [-0.15, -0.1) is 5.43 Å². The number of carboxylic acid groups (broad SMARTS) is 2. The molecule has 0 unspecified atom stereocenters. The topological polar surface area (TPSA) is 130 Å². The van der Waals surface area contributed by atoms with Gasteiger partial charge in [-0.05, 0) is 12.1 Å². The van der Waals surface area contributed by atoms with Gasteiger partial charge >= 0.3 is 0 Å². The van der Waals surface area contributed by atoms with Crippen molar-refractivity contribution < 1.29 is 24.8 Å². The average molecular weight is 258 g/mol. The number of aliphatic carboxylic acids is 2. The Labute approximate surface area is 103 Å². The molecule has 0 fully saturated rings. The Hall–Kier alpha value is -2.64. The van der Waals surface area contributed by atoms with Gasteiger partial charge in [0.15, 0.2) is 5.03 Å². The highest BCUT2D eigenvalue weighted by Crippen LogP contribution is 2.03. The van der Waals surface area contributed by atoms with Gasteiger partial charge in [-0.1, -0.05) is 18.2 Å². The first-order valence-corrected chi connectivity index (χ1v) is 4.60. The molecular weight excluding hydrogens is 244 g/mol. The molecule has 0 aromatic heterocycles. The number of nitro groups is 1. The highest BCUT2D eigenvalue weighted by atomic mass is 16.7. The van der Waals surface area contributed by atoms with Gasteiger partial charge < -0.3 is 10.2 Å². The molecule has 100 valence electrons. The van der Waals surface area contributed by atoms with E-state index in [0.717, 1.165) is 13.8 Å². The largest absolute Gasteiger partial charge is 0.481 e. The van der Waals surface area contributed by atoms with E-state index in [0.29, 0.717) is 5.69 Å². The molecule has 0 bridgehead atoms. The zero-order valence-corrected chi connectivity index (χ0v) is 9.86. The first kappa shape index (κ1) is 17.7. The lowest BCUT2D eigenvalue weighted by Crippen LogP contribution is -2.06. The van der Waals surface area contributed by atoms with Crippen LogP contribution in [0.2, 0.25) is 0 Å². The van der Waals surface area contributed by atoms with E-state index in [-0.39, 0.29) is 0 Å². The molecule has 1 rings (SSSR count). The minimum atomic E-state index is -0.833. The molecule has 8 nitrogen and oxygen atoms in total. The van der Waals surface area contributed by atoms with Crippen LogP contribution >= 0.6 is 0 Å². The molecule has 0 aliphatic heterocycles. The molecule has 8 heteroatoms. The molecule has 18 heavy (non-hydrogen) atoms. The molecule has 0 heterocycles. The van der Waals surface area contributed by atoms with Gasteiger partial charge in [0.25, 0.3) is 11.9 Å². The maximum atomic E-state index is 9.86. The summed E-state index contributed by atoms with van der Waals surface area (Å²) in [5, 5.41) is 24.1. The SMILES string of the molecule is CC(=O)O.CC(=O)O.O=[N+]([O-])Nc1ccccc1. The van der Waals surface area contributed by atoms with Crippen molar-refractivity contribution in [3.05, 3.63) is 40.4 Å². The van der Waals surface area contributed by atoms with Gasteiger partial charge in [0.1, 0.15) is 5.69 Å². The van der Waals surface area contributed by atoms with Gasteiger partial charge in [-0.2, -0.15) is 0 Å². The third kappa shape index (κ3) is 23.3. The molecule has 0 saturated carbocycles. The molecule has 0 amide bonds. The minimum absolute atomic E-state index is 0.493. The zero-order valence-electron chi connectivity index (χ0n) is 9.86. The van der Waals surface area contributed by atoms with E-state index in [1.165, 1.54) is 0 Å². The Morgan fingerprint density at radius 3 is 1.72 bits per heavy atom. The van der Waals surface area contributed by atoms with E-state index in [1.807, 2.05) is 5.43 Å². The second-order valence-electron chi connectivity index (χ2n) is 2.77. The highest BCUT2D eigenvalue weighted by molar-refractivity contribution is 5.63. The smallest absolute Gasteiger partial charge is 0.300 e. The highest BCUT2D eigenvalue weighted by Gasteiger charge is 1.93. The van der Waals surface area contributed by atoms with Gasteiger partial charge in [0.05, 0.1) is 0 Å². The summed E-state index contributed by atoms with van der Waals surface area (Å²) in [5.41, 5.74) is 2.52. The van der Waals surface area contributed by atoms with Gasteiger partial charge in [0.2, 0.25) is 0 Å². The Bertz CT molecular complexity index is 359. The van der Waals surface area contributed by atoms with Crippen molar-refractivity contribution in [3.63, 3.8) is 0 Å². The molecule has 1 aromatic carbocycles. The summed E-state index contributed by atoms with van der Waals surface area (Å²) in [6.45, 7) is 2.17. The number of benzene rings is 1. The fourth-order valence-electron chi connectivity index (χ4n) is 0.618. The van der Waals surface area contributed by atoms with Crippen LogP contribution in [0.4, 0.5) is 5.69 Å². The molecule has 0 aliphatic carbocycles. The number of anilines is 1. The van der Waals surface area contributed by atoms with E-state index in [2.05, 4.69) is 0 Å². The molecular formula is C10H14N2O6. The van der Waals surface area contributed by atoms with Crippen molar-refractivity contribution in [2.24, 2.45) is 0 Å². The van der Waals surface area contributed by atoms with Crippen LogP contribution in [0.1, 0.15) is 13.8 Å². The van der Waals surface area contributed by atoms with E-state index in [4.69, 9.17) is 19.8 Å². The monoisotopic (exact) mass is 258 g/mol. The van der Waals surface area contributed by atoms with Crippen LogP contribution in [0.3, 0.4) is 0 Å². The third-order valence-corrected chi connectivity index (χ3v) is 0.994. The molecule has 0 atom stereocenters. The Morgan fingerprint density at radius 2 is 1.44 bits per heavy atom. The molecule has 3 N–H and O–H groups in total. The molecule has 0 radical (unpaired) electrons. The number of hydrogen-bond acceptors (Lipinski definition) is 4. The number of carbonyl (C=O) groups is 2. The second kappa shape index (κ2) is 10.9. The summed E-state index contributed by atoms with van der Waals surface area (Å²) >= 11 is 0. The number of hydrogen-bond donors (Lipinski definition) is 3. The van der Waals surface area contributed by atoms with Crippen LogP contribution in [0, 0.1) is 10.1 Å². The lowest BCUT2D eigenvalue weighted by molar-refractivity contribution is -0.445. The summed E-state index contributed by atoms with van der Waals surface area (Å²) in [4.78, 5) is 27.9. The molecule has 0 aliphatic rings. The third-order valence-electron chi connectivity index (χ3n) is 0.994. The van der Waals surface area contributed by atoms with Crippen LogP contribution in [-0.4, -0.2) is 27.2 Å². The standard InChI is InChI=1S/C6H6N2O2.2C2H4O2/c9-8(10)7-6-4-2-1-3-5-6;2*1-2(3)4/h1-5,7H;2*1H3,(H,3,4). The zero-order chi connectivity index (χ0) is 14.6. The maximum Gasteiger partial charge on any atom is 0.300 e. The van der Waals surface area contributed by atoms with Crippen LogP contribution in [0.25, 0.3) is 0 Å². The summed E-state index contributed by atoms with van der Waals surface area (Å²) in [6.07, 6.45) is 0. The van der Waals surface area contributed by atoms with Gasteiger partial charge in [-0.25, -0.2) is 10.1 Å². The maximum absolute atomic E-state index is 9.86. The van der Waals surface area contributed by atoms with E-state index in [1.54, 1.807) is 30.3 Å². The van der Waals surface area contributed by atoms with Crippen LogP contribution < -0.4 is 5.43 Å². The fourth-order valence-corrected chi connectivity index (χ4v) is 0.618. The fraction of sp³-hybridized carbons (Fsp3) is 0.200. The van der Waals surface area contributed by atoms with E-state index >= 15 is 0 Å². The number of nitrogens with zero attached hydrogens (tertiary/aromatic N) is 1. The number of carboxylic acids is 2. The Balaban J connectivity index is 0. The van der Waals surface area contributed by atoms with Crippen molar-refractivity contribution in [3.8, 4) is 0 Å². The summed E-state index contributed by atoms with van der Waals surface area (Å²) < 4.78 is 0. The Kier molecular flexibility index (Phi) is 10.7. The first-order chi connectivity index (χ1) is 8.25. The Morgan fingerprint density at radius 1 is 1.11 bits per heavy atom. The van der Waals surface area contributed by atoms with Gasteiger partial charge in [0, 0.05) is 13.8 Å². The summed E-state index contributed by atoms with van der Waals surface area (Å²) in [5.74, 6) is -1.67. The molecule has 0 spiro atoms. The number of nitrogens with one attached hydrogen (secondary N) is 1. The first-order valence-electron chi connectivity index (χ1n) is 4.60. The lowest BCUT2D eigenvalue weighted by Gasteiger charge is -1.93. The summed E-state index contributed by atoms with van der Waals surface area (Å²) in [6, 6.07) is 8.51. The molecule has 1 aromatic rings. The van der Waals surface area contributed by atoms with Crippen LogP contribution in [-0.2, 0) is 9.59 Å². The number of para-hydroxylation sites is 1.